The maximum Gasteiger partial charge on any atom is 0.187 e. The third-order valence-electron chi connectivity index (χ3n) is 0.204. The zero-order chi connectivity index (χ0) is 4.12. The first-order valence-corrected chi connectivity index (χ1v) is 1.30. The van der Waals surface area contributed by atoms with Crippen LogP contribution in [-0.2, 0) is 0 Å². The van der Waals surface area contributed by atoms with Crippen molar-refractivity contribution < 1.29 is 0 Å². The Labute approximate surface area is 34.8 Å². The molecular formula is C3H2B2. The molecule has 2 heteroatoms. The summed E-state index contributed by atoms with van der Waals surface area (Å²) in [6.07, 6.45) is 0.358. The molecule has 0 bridgehead atoms. The molecule has 5 heavy (non-hydrogen) atoms. The summed E-state index contributed by atoms with van der Waals surface area (Å²) in [6, 6.07) is 0. The number of hydrogen-bond acceptors (Lipinski definition) is 0. The summed E-state index contributed by atoms with van der Waals surface area (Å²) >= 11 is 0. The van der Waals surface area contributed by atoms with E-state index in [4.69, 9.17) is 15.7 Å². The van der Waals surface area contributed by atoms with E-state index < -0.39 is 0 Å². The van der Waals surface area contributed by atoms with Gasteiger partial charge in [0.2, 0.25) is 0 Å². The third-order valence-corrected chi connectivity index (χ3v) is 0.204. The van der Waals surface area contributed by atoms with Gasteiger partial charge in [-0.15, -0.1) is 5.92 Å². The first-order chi connectivity index (χ1) is 2.41. The van der Waals surface area contributed by atoms with Gasteiger partial charge in [-0.05, 0) is 6.32 Å². The van der Waals surface area contributed by atoms with Gasteiger partial charge in [-0.1, -0.05) is 0 Å². The maximum atomic E-state index is 4.89. The Hall–Kier alpha value is -0.310. The highest BCUT2D eigenvalue weighted by atomic mass is 13.4. The molecule has 0 spiro atoms. The molecule has 0 atom stereocenters. The van der Waals surface area contributed by atoms with Crippen LogP contribution in [-0.4, -0.2) is 15.7 Å². The van der Waals surface area contributed by atoms with Crippen molar-refractivity contribution in [2.45, 2.75) is 6.32 Å². The molecule has 0 aromatic rings. The Bertz CT molecular complexity index is 57.0. The summed E-state index contributed by atoms with van der Waals surface area (Å²) in [7, 11) is 9.58. The van der Waals surface area contributed by atoms with Gasteiger partial charge in [0.05, 0.1) is 7.85 Å². The maximum absolute atomic E-state index is 4.89. The molecule has 20 valence electrons. The largest absolute Gasteiger partial charge is 0.187 e. The van der Waals surface area contributed by atoms with Gasteiger partial charge in [0, 0.05) is 0 Å². The first-order valence-electron chi connectivity index (χ1n) is 1.30. The fraction of sp³-hybridized carbons (Fsp3) is 0.333. The molecule has 0 heterocycles. The lowest BCUT2D eigenvalue weighted by Crippen LogP contribution is -1.56. The van der Waals surface area contributed by atoms with Crippen LogP contribution in [0.3, 0.4) is 0 Å². The molecule has 0 nitrogen and oxygen atoms in total. The van der Waals surface area contributed by atoms with E-state index in [-0.39, 0.29) is 0 Å². The molecule has 0 aromatic carbocycles. The molecule has 0 amide bonds. The van der Waals surface area contributed by atoms with E-state index in [0.717, 1.165) is 0 Å². The van der Waals surface area contributed by atoms with Crippen molar-refractivity contribution in [1.82, 2.24) is 0 Å². The monoisotopic (exact) mass is 60.0 g/mol. The van der Waals surface area contributed by atoms with Gasteiger partial charge in [0.1, 0.15) is 0 Å². The van der Waals surface area contributed by atoms with Crippen molar-refractivity contribution >= 4 is 15.7 Å². The molecule has 0 aliphatic heterocycles. The van der Waals surface area contributed by atoms with Gasteiger partial charge in [0.25, 0.3) is 0 Å². The van der Waals surface area contributed by atoms with Crippen LogP contribution in [0.4, 0.5) is 0 Å². The lowest BCUT2D eigenvalue weighted by Gasteiger charge is -1.58. The Morgan fingerprint density at radius 3 is 2.20 bits per heavy atom. The Kier molecular flexibility index (Phi) is 3.46. The summed E-state index contributed by atoms with van der Waals surface area (Å²) in [5.41, 5.74) is 0. The number of hydrogen-bond donors (Lipinski definition) is 0. The van der Waals surface area contributed by atoms with E-state index >= 15 is 0 Å². The summed E-state index contributed by atoms with van der Waals surface area (Å²) in [5.74, 6) is 4.56. The van der Waals surface area contributed by atoms with Crippen LogP contribution in [0, 0.1) is 11.7 Å². The van der Waals surface area contributed by atoms with Crippen LogP contribution in [0.2, 0.25) is 6.32 Å². The second kappa shape index (κ2) is 3.69. The Balaban J connectivity index is 2.81. The molecule has 0 saturated heterocycles. The minimum Gasteiger partial charge on any atom is -0.173 e. The second-order valence-electron chi connectivity index (χ2n) is 0.525. The minimum atomic E-state index is 0.358. The lowest BCUT2D eigenvalue weighted by atomic mass is 10.0. The SMILES string of the molecule is [B]C#CC[B]. The van der Waals surface area contributed by atoms with E-state index in [1.165, 1.54) is 0 Å². The van der Waals surface area contributed by atoms with Crippen molar-refractivity contribution in [2.75, 3.05) is 0 Å². The molecule has 0 fully saturated rings. The van der Waals surface area contributed by atoms with E-state index in [9.17, 15) is 0 Å². The number of rotatable bonds is 0. The zero-order valence-electron chi connectivity index (χ0n) is 2.86. The van der Waals surface area contributed by atoms with Crippen LogP contribution in [0.25, 0.3) is 0 Å². The normalized spacial score (nSPS) is 4.80. The summed E-state index contributed by atoms with van der Waals surface area (Å²) in [5, 5.41) is 0. The quantitative estimate of drug-likeness (QED) is 0.266. The topological polar surface area (TPSA) is 0 Å². The second-order valence-corrected chi connectivity index (χ2v) is 0.525. The predicted molar refractivity (Wildman–Crippen MR) is 24.1 cm³/mol. The summed E-state index contributed by atoms with van der Waals surface area (Å²) in [4.78, 5) is 0. The Morgan fingerprint density at radius 2 is 2.20 bits per heavy atom. The molecule has 0 unspecified atom stereocenters. The third kappa shape index (κ3) is 3.69. The highest BCUT2D eigenvalue weighted by Gasteiger charge is 1.49. The first kappa shape index (κ1) is 4.69. The zero-order valence-corrected chi connectivity index (χ0v) is 2.86. The molecule has 0 saturated carbocycles. The Morgan fingerprint density at radius 1 is 1.60 bits per heavy atom. The smallest absolute Gasteiger partial charge is 0.173 e. The highest BCUT2D eigenvalue weighted by Crippen LogP contribution is 1.55. The molecular weight excluding hydrogens is 57.7 g/mol. The molecule has 0 aromatic heterocycles. The minimum absolute atomic E-state index is 0.358. The van der Waals surface area contributed by atoms with Gasteiger partial charge in [-0.25, -0.2) is 0 Å². The summed E-state index contributed by atoms with van der Waals surface area (Å²) in [6.45, 7) is 0. The van der Waals surface area contributed by atoms with Crippen molar-refractivity contribution in [3.8, 4) is 11.7 Å². The van der Waals surface area contributed by atoms with Gasteiger partial charge < -0.3 is 0 Å². The molecule has 0 rings (SSSR count). The van der Waals surface area contributed by atoms with Gasteiger partial charge in [-0.3, -0.25) is 0 Å². The van der Waals surface area contributed by atoms with Crippen LogP contribution in [0.5, 0.6) is 0 Å². The van der Waals surface area contributed by atoms with Gasteiger partial charge >= 0.3 is 0 Å². The molecule has 0 N–H and O–H groups in total. The standard InChI is InChI=1S/C3H2B2/c4-2-1-3-5/h2H2. The lowest BCUT2D eigenvalue weighted by molar-refractivity contribution is 1.88. The fourth-order valence-electron chi connectivity index (χ4n) is 0.0589. The van der Waals surface area contributed by atoms with Gasteiger partial charge in [0.15, 0.2) is 7.85 Å². The van der Waals surface area contributed by atoms with E-state index in [2.05, 4.69) is 11.7 Å². The molecule has 0 aliphatic carbocycles. The predicted octanol–water partition coefficient (Wildman–Crippen LogP) is -0.297. The molecule has 0 aliphatic rings. The highest BCUT2D eigenvalue weighted by molar-refractivity contribution is 6.22. The van der Waals surface area contributed by atoms with Crippen molar-refractivity contribution in [3.05, 3.63) is 0 Å². The summed E-state index contributed by atoms with van der Waals surface area (Å²) < 4.78 is 0. The van der Waals surface area contributed by atoms with Crippen LogP contribution in [0.1, 0.15) is 0 Å². The fourth-order valence-corrected chi connectivity index (χ4v) is 0.0589. The van der Waals surface area contributed by atoms with E-state index in [1.807, 2.05) is 0 Å². The molecule has 4 radical (unpaired) electrons. The van der Waals surface area contributed by atoms with Crippen LogP contribution in [0.15, 0.2) is 0 Å². The van der Waals surface area contributed by atoms with E-state index in [1.54, 1.807) is 0 Å². The van der Waals surface area contributed by atoms with Crippen molar-refractivity contribution in [1.29, 1.82) is 0 Å². The van der Waals surface area contributed by atoms with Crippen molar-refractivity contribution in [2.24, 2.45) is 0 Å². The van der Waals surface area contributed by atoms with Crippen molar-refractivity contribution in [3.63, 3.8) is 0 Å². The average Bonchev–Trinajstić information content (AvgIpc) is 1.41. The average molecular weight is 59.7 g/mol. The van der Waals surface area contributed by atoms with Crippen LogP contribution >= 0.6 is 0 Å². The van der Waals surface area contributed by atoms with Crippen LogP contribution < -0.4 is 0 Å². The van der Waals surface area contributed by atoms with Gasteiger partial charge in [-0.2, -0.15) is 5.82 Å². The van der Waals surface area contributed by atoms with E-state index in [0.29, 0.717) is 6.32 Å².